The van der Waals surface area contributed by atoms with Gasteiger partial charge in [-0.05, 0) is 55.3 Å². The van der Waals surface area contributed by atoms with E-state index in [1.807, 2.05) is 42.6 Å². The molecule has 158 valence electrons. The van der Waals surface area contributed by atoms with Crippen molar-refractivity contribution in [3.63, 3.8) is 0 Å². The van der Waals surface area contributed by atoms with Gasteiger partial charge >= 0.3 is 0 Å². The van der Waals surface area contributed by atoms with Gasteiger partial charge in [0.2, 0.25) is 0 Å². The third-order valence-electron chi connectivity index (χ3n) is 4.94. The zero-order valence-electron chi connectivity index (χ0n) is 17.2. The molecule has 0 bridgehead atoms. The highest BCUT2D eigenvalue weighted by Crippen LogP contribution is 2.24. The summed E-state index contributed by atoms with van der Waals surface area (Å²) < 4.78 is 29.5. The van der Waals surface area contributed by atoms with Crippen LogP contribution < -0.4 is 0 Å². The van der Waals surface area contributed by atoms with E-state index in [0.29, 0.717) is 5.69 Å². The van der Waals surface area contributed by atoms with Crippen LogP contribution in [0.5, 0.6) is 0 Å². The SMILES string of the molecule is Cc1cc(S(=O)(=O)N(C)N=Cc2cnc3c(C)cc(-c4cccnc4)cn23)ccc1Br. The molecule has 0 atom stereocenters. The van der Waals surface area contributed by atoms with Gasteiger partial charge in [0.1, 0.15) is 5.65 Å². The Morgan fingerprint density at radius 1 is 1.10 bits per heavy atom. The fourth-order valence-electron chi connectivity index (χ4n) is 3.20. The largest absolute Gasteiger partial charge is 0.298 e. The molecule has 0 aliphatic carbocycles. The zero-order valence-corrected chi connectivity index (χ0v) is 19.6. The Bertz CT molecular complexity index is 1400. The molecule has 0 aliphatic rings. The van der Waals surface area contributed by atoms with Crippen LogP contribution in [0, 0.1) is 13.8 Å². The standard InChI is InChI=1S/C22H20BrN5O2S/c1-15-10-20(6-7-21(15)23)31(29,30)27(3)26-13-19-12-25-22-16(2)9-18(14-28(19)22)17-5-4-8-24-11-17/h4-14H,1-3H3. The zero-order chi connectivity index (χ0) is 22.2. The molecular weight excluding hydrogens is 478 g/mol. The lowest BCUT2D eigenvalue weighted by Gasteiger charge is -2.14. The lowest BCUT2D eigenvalue weighted by molar-refractivity contribution is 0.491. The van der Waals surface area contributed by atoms with Crippen LogP contribution in [0.2, 0.25) is 0 Å². The first-order chi connectivity index (χ1) is 14.8. The monoisotopic (exact) mass is 497 g/mol. The molecule has 3 heterocycles. The number of nitrogens with zero attached hydrogens (tertiary/aromatic N) is 5. The van der Waals surface area contributed by atoms with Crippen LogP contribution in [0.15, 0.2) is 75.7 Å². The quantitative estimate of drug-likeness (QED) is 0.301. The molecule has 3 aromatic heterocycles. The summed E-state index contributed by atoms with van der Waals surface area (Å²) in [6.45, 7) is 3.82. The molecule has 0 radical (unpaired) electrons. The predicted octanol–water partition coefficient (Wildman–Crippen LogP) is 4.43. The fourth-order valence-corrected chi connectivity index (χ4v) is 4.48. The third kappa shape index (κ3) is 4.11. The van der Waals surface area contributed by atoms with Gasteiger partial charge in [-0.1, -0.05) is 22.0 Å². The number of aryl methyl sites for hydroxylation is 2. The summed E-state index contributed by atoms with van der Waals surface area (Å²) in [4.78, 5) is 8.82. The number of hydrazone groups is 1. The van der Waals surface area contributed by atoms with E-state index in [1.54, 1.807) is 36.8 Å². The second-order valence-electron chi connectivity index (χ2n) is 7.13. The number of benzene rings is 1. The van der Waals surface area contributed by atoms with Crippen molar-refractivity contribution < 1.29 is 8.42 Å². The number of fused-ring (bicyclic) bond motifs is 1. The second-order valence-corrected chi connectivity index (χ2v) is 9.93. The number of aromatic nitrogens is 3. The van der Waals surface area contributed by atoms with Crippen molar-refractivity contribution in [2.24, 2.45) is 5.10 Å². The van der Waals surface area contributed by atoms with Crippen LogP contribution in [0.1, 0.15) is 16.8 Å². The van der Waals surface area contributed by atoms with Crippen LogP contribution in [0.3, 0.4) is 0 Å². The van der Waals surface area contributed by atoms with Crippen LogP contribution in [-0.4, -0.2) is 40.5 Å². The highest BCUT2D eigenvalue weighted by Gasteiger charge is 2.20. The first-order valence-corrected chi connectivity index (χ1v) is 11.7. The number of imidazole rings is 1. The molecule has 4 rings (SSSR count). The van der Waals surface area contributed by atoms with E-state index < -0.39 is 10.0 Å². The van der Waals surface area contributed by atoms with E-state index in [2.05, 4.69) is 31.0 Å². The summed E-state index contributed by atoms with van der Waals surface area (Å²) in [6.07, 6.45) is 8.64. The maximum Gasteiger partial charge on any atom is 0.278 e. The molecule has 0 unspecified atom stereocenters. The van der Waals surface area contributed by atoms with Gasteiger partial charge in [-0.15, -0.1) is 0 Å². The van der Waals surface area contributed by atoms with Gasteiger partial charge in [-0.3, -0.25) is 9.38 Å². The molecule has 0 saturated heterocycles. The van der Waals surface area contributed by atoms with Gasteiger partial charge in [0.25, 0.3) is 10.0 Å². The summed E-state index contributed by atoms with van der Waals surface area (Å²) in [5.74, 6) is 0. The highest BCUT2D eigenvalue weighted by molar-refractivity contribution is 9.10. The van der Waals surface area contributed by atoms with Crippen LogP contribution in [-0.2, 0) is 10.0 Å². The Balaban J connectivity index is 1.69. The Morgan fingerprint density at radius 3 is 2.61 bits per heavy atom. The highest BCUT2D eigenvalue weighted by atomic mass is 79.9. The van der Waals surface area contributed by atoms with E-state index >= 15 is 0 Å². The normalized spacial score (nSPS) is 12.0. The average Bonchev–Trinajstić information content (AvgIpc) is 3.18. The van der Waals surface area contributed by atoms with E-state index in [9.17, 15) is 8.42 Å². The predicted molar refractivity (Wildman–Crippen MR) is 125 cm³/mol. The molecule has 0 amide bonds. The molecule has 0 N–H and O–H groups in total. The fraction of sp³-hybridized carbons (Fsp3) is 0.136. The van der Waals surface area contributed by atoms with Crippen molar-refractivity contribution in [3.05, 3.63) is 82.5 Å². The topological polar surface area (TPSA) is 79.9 Å². The Hall–Kier alpha value is -3.04. The van der Waals surface area contributed by atoms with Crippen molar-refractivity contribution in [2.45, 2.75) is 18.7 Å². The van der Waals surface area contributed by atoms with E-state index in [0.717, 1.165) is 36.8 Å². The Morgan fingerprint density at radius 2 is 1.90 bits per heavy atom. The average molecular weight is 498 g/mol. The minimum Gasteiger partial charge on any atom is -0.298 e. The number of rotatable bonds is 5. The van der Waals surface area contributed by atoms with E-state index in [-0.39, 0.29) is 4.90 Å². The molecule has 9 heteroatoms. The minimum atomic E-state index is -3.77. The van der Waals surface area contributed by atoms with Gasteiger partial charge in [0, 0.05) is 41.2 Å². The van der Waals surface area contributed by atoms with Gasteiger partial charge in [0.15, 0.2) is 0 Å². The van der Waals surface area contributed by atoms with Gasteiger partial charge in [-0.25, -0.2) is 4.98 Å². The molecule has 7 nitrogen and oxygen atoms in total. The third-order valence-corrected chi connectivity index (χ3v) is 7.47. The first-order valence-electron chi connectivity index (χ1n) is 9.44. The summed E-state index contributed by atoms with van der Waals surface area (Å²) in [7, 11) is -2.35. The number of hydrogen-bond donors (Lipinski definition) is 0. The van der Waals surface area contributed by atoms with Crippen LogP contribution in [0.4, 0.5) is 0 Å². The molecule has 0 aliphatic heterocycles. The van der Waals surface area contributed by atoms with Gasteiger partial charge in [0.05, 0.1) is 23.0 Å². The molecular formula is C22H20BrN5O2S. The Kier molecular flexibility index (Phi) is 5.63. The van der Waals surface area contributed by atoms with E-state index in [4.69, 9.17) is 0 Å². The molecule has 0 spiro atoms. The Labute approximate surface area is 189 Å². The lowest BCUT2D eigenvalue weighted by Crippen LogP contribution is -2.22. The number of hydrogen-bond acceptors (Lipinski definition) is 5. The summed E-state index contributed by atoms with van der Waals surface area (Å²) in [5.41, 5.74) is 5.23. The van der Waals surface area contributed by atoms with Crippen LogP contribution in [0.25, 0.3) is 16.8 Å². The van der Waals surface area contributed by atoms with Crippen molar-refractivity contribution in [2.75, 3.05) is 7.05 Å². The van der Waals surface area contributed by atoms with Crippen molar-refractivity contribution in [1.82, 2.24) is 18.8 Å². The van der Waals surface area contributed by atoms with Crippen molar-refractivity contribution >= 4 is 37.8 Å². The molecule has 31 heavy (non-hydrogen) atoms. The maximum atomic E-state index is 12.9. The van der Waals surface area contributed by atoms with Crippen molar-refractivity contribution in [3.8, 4) is 11.1 Å². The second kappa shape index (κ2) is 8.24. The van der Waals surface area contributed by atoms with E-state index in [1.165, 1.54) is 13.3 Å². The maximum absolute atomic E-state index is 12.9. The molecule has 4 aromatic rings. The number of sulfonamides is 1. The summed E-state index contributed by atoms with van der Waals surface area (Å²) >= 11 is 3.39. The first kappa shape index (κ1) is 21.2. The minimum absolute atomic E-state index is 0.181. The van der Waals surface area contributed by atoms with Crippen LogP contribution >= 0.6 is 15.9 Å². The van der Waals surface area contributed by atoms with Gasteiger partial charge in [-0.2, -0.15) is 17.9 Å². The summed E-state index contributed by atoms with van der Waals surface area (Å²) in [6, 6.07) is 10.8. The lowest BCUT2D eigenvalue weighted by atomic mass is 10.1. The molecule has 0 saturated carbocycles. The van der Waals surface area contributed by atoms with Gasteiger partial charge < -0.3 is 0 Å². The molecule has 0 fully saturated rings. The smallest absolute Gasteiger partial charge is 0.278 e. The summed E-state index contributed by atoms with van der Waals surface area (Å²) in [5, 5.41) is 4.18. The molecule has 1 aromatic carbocycles. The number of halogens is 1. The van der Waals surface area contributed by atoms with Crippen molar-refractivity contribution in [1.29, 1.82) is 0 Å². The number of pyridine rings is 2.